The molecule has 0 saturated heterocycles. The maximum Gasteiger partial charge on any atom is 0.126 e. The third-order valence-corrected chi connectivity index (χ3v) is 3.83. The van der Waals surface area contributed by atoms with E-state index < -0.39 is 0 Å². The lowest BCUT2D eigenvalue weighted by atomic mass is 10.0. The number of hydrogen-bond acceptors (Lipinski definition) is 2. The molecular formula is C17H20BrFN2. The Balaban J connectivity index is 2.10. The van der Waals surface area contributed by atoms with Gasteiger partial charge in [0.1, 0.15) is 5.82 Å². The molecular weight excluding hydrogens is 331 g/mol. The van der Waals surface area contributed by atoms with Gasteiger partial charge in [0.25, 0.3) is 0 Å². The number of aromatic nitrogens is 1. The van der Waals surface area contributed by atoms with Crippen molar-refractivity contribution in [1.29, 1.82) is 0 Å². The number of halogens is 2. The topological polar surface area (TPSA) is 24.9 Å². The third-order valence-electron chi connectivity index (χ3n) is 3.34. The molecule has 0 saturated carbocycles. The van der Waals surface area contributed by atoms with Crippen molar-refractivity contribution < 1.29 is 4.39 Å². The second-order valence-electron chi connectivity index (χ2n) is 5.12. The molecule has 1 aromatic heterocycles. The Hall–Kier alpha value is -1.26. The Morgan fingerprint density at radius 1 is 1.24 bits per heavy atom. The van der Waals surface area contributed by atoms with E-state index in [0.29, 0.717) is 6.42 Å². The Labute approximate surface area is 133 Å². The second kappa shape index (κ2) is 8.25. The average Bonchev–Trinajstić information content (AvgIpc) is 2.49. The average molecular weight is 351 g/mol. The van der Waals surface area contributed by atoms with Crippen molar-refractivity contribution in [3.63, 3.8) is 0 Å². The summed E-state index contributed by atoms with van der Waals surface area (Å²) in [6.45, 7) is 3.05. The van der Waals surface area contributed by atoms with Crippen LogP contribution < -0.4 is 5.32 Å². The van der Waals surface area contributed by atoms with Crippen molar-refractivity contribution in [1.82, 2.24) is 10.3 Å². The van der Waals surface area contributed by atoms with Gasteiger partial charge in [-0.3, -0.25) is 4.98 Å². The minimum absolute atomic E-state index is 0.150. The van der Waals surface area contributed by atoms with Crippen molar-refractivity contribution in [2.24, 2.45) is 0 Å². The highest BCUT2D eigenvalue weighted by molar-refractivity contribution is 9.10. The first kappa shape index (κ1) is 16.1. The first-order valence-electron chi connectivity index (χ1n) is 7.26. The molecule has 1 aromatic carbocycles. The van der Waals surface area contributed by atoms with E-state index in [1.807, 2.05) is 24.3 Å². The van der Waals surface area contributed by atoms with Crippen LogP contribution in [0.15, 0.2) is 47.1 Å². The van der Waals surface area contributed by atoms with E-state index in [0.717, 1.165) is 35.1 Å². The minimum Gasteiger partial charge on any atom is -0.313 e. The van der Waals surface area contributed by atoms with Crippen molar-refractivity contribution in [3.05, 3.63) is 64.1 Å². The van der Waals surface area contributed by atoms with E-state index in [1.165, 1.54) is 6.07 Å². The Morgan fingerprint density at radius 2 is 2.10 bits per heavy atom. The standard InChI is InChI=1S/C17H20BrFN2/c1-2-8-20-16(12-15-5-3-4-9-21-15)11-13-10-14(18)6-7-17(13)19/h3-7,9-10,16,20H,2,8,11-12H2,1H3. The van der Waals surface area contributed by atoms with Crippen LogP contribution >= 0.6 is 15.9 Å². The zero-order valence-corrected chi connectivity index (χ0v) is 13.7. The monoisotopic (exact) mass is 350 g/mol. The zero-order valence-electron chi connectivity index (χ0n) is 12.2. The number of rotatable bonds is 7. The molecule has 0 aliphatic heterocycles. The van der Waals surface area contributed by atoms with Gasteiger partial charge in [-0.05, 0) is 55.3 Å². The van der Waals surface area contributed by atoms with Gasteiger partial charge in [0, 0.05) is 28.8 Å². The van der Waals surface area contributed by atoms with E-state index in [4.69, 9.17) is 0 Å². The molecule has 1 heterocycles. The Bertz CT molecular complexity index is 560. The fraction of sp³-hybridized carbons (Fsp3) is 0.353. The second-order valence-corrected chi connectivity index (χ2v) is 6.03. The molecule has 0 bridgehead atoms. The SMILES string of the molecule is CCCNC(Cc1ccccn1)Cc1cc(Br)ccc1F. The summed E-state index contributed by atoms with van der Waals surface area (Å²) in [6.07, 6.45) is 4.31. The van der Waals surface area contributed by atoms with Gasteiger partial charge in [-0.1, -0.05) is 28.9 Å². The summed E-state index contributed by atoms with van der Waals surface area (Å²) < 4.78 is 14.8. The quantitative estimate of drug-likeness (QED) is 0.811. The summed E-state index contributed by atoms with van der Waals surface area (Å²) in [6, 6.07) is 11.2. The van der Waals surface area contributed by atoms with Crippen LogP contribution in [-0.2, 0) is 12.8 Å². The first-order valence-corrected chi connectivity index (χ1v) is 8.05. The molecule has 0 radical (unpaired) electrons. The van der Waals surface area contributed by atoms with Crippen molar-refractivity contribution in [2.75, 3.05) is 6.54 Å². The normalized spacial score (nSPS) is 12.3. The molecule has 0 aliphatic carbocycles. The number of nitrogens with zero attached hydrogens (tertiary/aromatic N) is 1. The zero-order chi connectivity index (χ0) is 15.1. The molecule has 1 unspecified atom stereocenters. The van der Waals surface area contributed by atoms with Gasteiger partial charge in [0.15, 0.2) is 0 Å². The molecule has 1 N–H and O–H groups in total. The molecule has 0 aliphatic rings. The van der Waals surface area contributed by atoms with Crippen LogP contribution in [-0.4, -0.2) is 17.6 Å². The van der Waals surface area contributed by atoms with E-state index in [-0.39, 0.29) is 11.9 Å². The van der Waals surface area contributed by atoms with Crippen LogP contribution in [0, 0.1) is 5.82 Å². The fourth-order valence-corrected chi connectivity index (χ4v) is 2.71. The summed E-state index contributed by atoms with van der Waals surface area (Å²) >= 11 is 3.41. The van der Waals surface area contributed by atoms with Crippen LogP contribution in [0.1, 0.15) is 24.6 Å². The van der Waals surface area contributed by atoms with E-state index in [1.54, 1.807) is 12.3 Å². The summed E-state index contributed by atoms with van der Waals surface area (Å²) in [7, 11) is 0. The number of hydrogen-bond donors (Lipinski definition) is 1. The number of benzene rings is 1. The van der Waals surface area contributed by atoms with Crippen LogP contribution in [0.5, 0.6) is 0 Å². The van der Waals surface area contributed by atoms with Crippen molar-refractivity contribution in [3.8, 4) is 0 Å². The molecule has 2 aromatic rings. The molecule has 0 spiro atoms. The smallest absolute Gasteiger partial charge is 0.126 e. The Morgan fingerprint density at radius 3 is 2.81 bits per heavy atom. The minimum atomic E-state index is -0.150. The van der Waals surface area contributed by atoms with Gasteiger partial charge >= 0.3 is 0 Å². The third kappa shape index (κ3) is 5.21. The van der Waals surface area contributed by atoms with Gasteiger partial charge in [-0.2, -0.15) is 0 Å². The van der Waals surface area contributed by atoms with Gasteiger partial charge < -0.3 is 5.32 Å². The van der Waals surface area contributed by atoms with Crippen molar-refractivity contribution >= 4 is 15.9 Å². The van der Waals surface area contributed by atoms with E-state index >= 15 is 0 Å². The lowest BCUT2D eigenvalue weighted by Crippen LogP contribution is -2.34. The molecule has 1 atom stereocenters. The lowest BCUT2D eigenvalue weighted by molar-refractivity contribution is 0.488. The summed E-state index contributed by atoms with van der Waals surface area (Å²) in [5, 5.41) is 3.49. The van der Waals surface area contributed by atoms with Gasteiger partial charge in [-0.15, -0.1) is 0 Å². The van der Waals surface area contributed by atoms with E-state index in [9.17, 15) is 4.39 Å². The summed E-state index contributed by atoms with van der Waals surface area (Å²) in [5.41, 5.74) is 1.76. The molecule has 0 fully saturated rings. The number of nitrogens with one attached hydrogen (secondary N) is 1. The lowest BCUT2D eigenvalue weighted by Gasteiger charge is -2.19. The maximum atomic E-state index is 13.9. The highest BCUT2D eigenvalue weighted by atomic mass is 79.9. The van der Waals surface area contributed by atoms with Crippen LogP contribution in [0.4, 0.5) is 4.39 Å². The van der Waals surface area contributed by atoms with Gasteiger partial charge in [0.2, 0.25) is 0 Å². The number of pyridine rings is 1. The van der Waals surface area contributed by atoms with E-state index in [2.05, 4.69) is 33.2 Å². The molecule has 0 amide bonds. The maximum absolute atomic E-state index is 13.9. The molecule has 2 nitrogen and oxygen atoms in total. The van der Waals surface area contributed by atoms with Crippen LogP contribution in [0.3, 0.4) is 0 Å². The summed E-state index contributed by atoms with van der Waals surface area (Å²) in [5.74, 6) is -0.150. The molecule has 2 rings (SSSR count). The molecule has 21 heavy (non-hydrogen) atoms. The van der Waals surface area contributed by atoms with Crippen LogP contribution in [0.25, 0.3) is 0 Å². The predicted molar refractivity (Wildman–Crippen MR) is 87.8 cm³/mol. The highest BCUT2D eigenvalue weighted by Gasteiger charge is 2.13. The van der Waals surface area contributed by atoms with Gasteiger partial charge in [-0.25, -0.2) is 4.39 Å². The first-order chi connectivity index (χ1) is 10.2. The van der Waals surface area contributed by atoms with Crippen molar-refractivity contribution in [2.45, 2.75) is 32.2 Å². The summed E-state index contributed by atoms with van der Waals surface area (Å²) in [4.78, 5) is 4.37. The van der Waals surface area contributed by atoms with Crippen LogP contribution in [0.2, 0.25) is 0 Å². The fourth-order valence-electron chi connectivity index (χ4n) is 2.30. The predicted octanol–water partition coefficient (Wildman–Crippen LogP) is 4.14. The largest absolute Gasteiger partial charge is 0.313 e. The molecule has 4 heteroatoms. The highest BCUT2D eigenvalue weighted by Crippen LogP contribution is 2.18. The Kier molecular flexibility index (Phi) is 6.33. The van der Waals surface area contributed by atoms with Gasteiger partial charge in [0.05, 0.1) is 0 Å². The molecule has 112 valence electrons.